The van der Waals surface area contributed by atoms with Crippen LogP contribution in [0.15, 0.2) is 24.3 Å². The first kappa shape index (κ1) is 23.0. The number of nitrogens with zero attached hydrogens (tertiary/aromatic N) is 1. The Kier molecular flexibility index (Phi) is 10.3. The zero-order valence-electron chi connectivity index (χ0n) is 15.4. The van der Waals surface area contributed by atoms with E-state index in [2.05, 4.69) is 27.7 Å². The summed E-state index contributed by atoms with van der Waals surface area (Å²) >= 11 is 0. The molecule has 0 aliphatic carbocycles. The number of piperidine rings is 1. The molecule has 2 atom stereocenters. The van der Waals surface area contributed by atoms with Gasteiger partial charge in [0.05, 0.1) is 19.1 Å². The number of benzene rings is 1. The van der Waals surface area contributed by atoms with Crippen molar-refractivity contribution in [3.8, 4) is 5.75 Å². The van der Waals surface area contributed by atoms with E-state index in [-0.39, 0.29) is 42.7 Å². The fourth-order valence-corrected chi connectivity index (χ4v) is 3.73. The van der Waals surface area contributed by atoms with Crippen molar-refractivity contribution >= 4 is 30.7 Å². The minimum atomic E-state index is 0. The van der Waals surface area contributed by atoms with E-state index in [1.54, 1.807) is 7.11 Å². The van der Waals surface area contributed by atoms with Gasteiger partial charge >= 0.3 is 0 Å². The number of carbonyl (C=O) groups excluding carboxylic acids is 1. The zero-order chi connectivity index (χ0) is 16.8. The van der Waals surface area contributed by atoms with Crippen LogP contribution in [0.25, 0.3) is 0 Å². The summed E-state index contributed by atoms with van der Waals surface area (Å²) in [5, 5.41) is 6.46. The topological polar surface area (TPSA) is 53.6 Å². The SMILES string of the molecule is COc1ccc(C(CNC(=O)C2CCNC2)N2CCCCC2)cc1.Cl.Cl. The van der Waals surface area contributed by atoms with Crippen molar-refractivity contribution in [1.29, 1.82) is 0 Å². The van der Waals surface area contributed by atoms with Crippen LogP contribution in [0.3, 0.4) is 0 Å². The van der Waals surface area contributed by atoms with E-state index in [4.69, 9.17) is 4.74 Å². The molecule has 2 heterocycles. The van der Waals surface area contributed by atoms with Crippen molar-refractivity contribution in [1.82, 2.24) is 15.5 Å². The summed E-state index contributed by atoms with van der Waals surface area (Å²) in [6.45, 7) is 4.66. The average Bonchev–Trinajstić information content (AvgIpc) is 3.18. The Morgan fingerprint density at radius 2 is 1.92 bits per heavy atom. The van der Waals surface area contributed by atoms with Crippen LogP contribution in [0.2, 0.25) is 0 Å². The first-order valence-corrected chi connectivity index (χ1v) is 9.14. The van der Waals surface area contributed by atoms with E-state index in [0.717, 1.165) is 38.3 Å². The number of hydrogen-bond acceptors (Lipinski definition) is 4. The molecular weight excluding hydrogens is 373 g/mol. The Morgan fingerprint density at radius 1 is 1.23 bits per heavy atom. The predicted octanol–water partition coefficient (Wildman–Crippen LogP) is 2.79. The molecule has 2 unspecified atom stereocenters. The van der Waals surface area contributed by atoms with Gasteiger partial charge in [-0.05, 0) is 56.6 Å². The maximum absolute atomic E-state index is 12.4. The lowest BCUT2D eigenvalue weighted by Crippen LogP contribution is -2.42. The fourth-order valence-electron chi connectivity index (χ4n) is 3.73. The summed E-state index contributed by atoms with van der Waals surface area (Å²) in [5.41, 5.74) is 1.25. The van der Waals surface area contributed by atoms with Gasteiger partial charge in [-0.2, -0.15) is 0 Å². The van der Waals surface area contributed by atoms with Crippen LogP contribution in [-0.4, -0.2) is 50.6 Å². The van der Waals surface area contributed by atoms with Crippen LogP contribution in [0.5, 0.6) is 5.75 Å². The van der Waals surface area contributed by atoms with Crippen molar-refractivity contribution < 1.29 is 9.53 Å². The summed E-state index contributed by atoms with van der Waals surface area (Å²) in [4.78, 5) is 14.9. The number of hydrogen-bond donors (Lipinski definition) is 2. The molecule has 1 aromatic carbocycles. The van der Waals surface area contributed by atoms with E-state index in [1.165, 1.54) is 24.8 Å². The van der Waals surface area contributed by atoms with Crippen molar-refractivity contribution in [3.63, 3.8) is 0 Å². The maximum Gasteiger partial charge on any atom is 0.224 e. The van der Waals surface area contributed by atoms with Gasteiger partial charge in [0.2, 0.25) is 5.91 Å². The Hall–Kier alpha value is -1.01. The third-order valence-corrected chi connectivity index (χ3v) is 5.23. The summed E-state index contributed by atoms with van der Waals surface area (Å²) < 4.78 is 5.27. The Bertz CT molecular complexity index is 530. The maximum atomic E-state index is 12.4. The lowest BCUT2D eigenvalue weighted by Gasteiger charge is -2.35. The summed E-state index contributed by atoms with van der Waals surface area (Å²) in [6.07, 6.45) is 4.75. The standard InChI is InChI=1S/C19H29N3O2.2ClH/c1-24-17-7-5-15(6-8-17)18(22-11-3-2-4-12-22)14-21-19(23)16-9-10-20-13-16;;/h5-8,16,18,20H,2-4,9-14H2,1H3,(H,21,23);2*1H. The first-order valence-electron chi connectivity index (χ1n) is 9.14. The van der Waals surface area contributed by atoms with E-state index >= 15 is 0 Å². The quantitative estimate of drug-likeness (QED) is 0.766. The molecule has 148 valence electrons. The molecule has 2 N–H and O–H groups in total. The van der Waals surface area contributed by atoms with E-state index in [9.17, 15) is 4.79 Å². The number of methoxy groups -OCH3 is 1. The second-order valence-electron chi connectivity index (χ2n) is 6.82. The summed E-state index contributed by atoms with van der Waals surface area (Å²) in [7, 11) is 1.69. The molecule has 0 aromatic heterocycles. The molecule has 26 heavy (non-hydrogen) atoms. The highest BCUT2D eigenvalue weighted by Gasteiger charge is 2.26. The molecule has 1 amide bonds. The molecule has 0 radical (unpaired) electrons. The number of carbonyl (C=O) groups is 1. The Labute approximate surface area is 169 Å². The van der Waals surface area contributed by atoms with Gasteiger partial charge in [-0.1, -0.05) is 18.6 Å². The molecule has 2 saturated heterocycles. The molecule has 2 aliphatic heterocycles. The van der Waals surface area contributed by atoms with Gasteiger partial charge in [-0.15, -0.1) is 24.8 Å². The molecule has 7 heteroatoms. The normalized spacial score (nSPS) is 21.2. The molecule has 0 spiro atoms. The highest BCUT2D eigenvalue weighted by Crippen LogP contribution is 2.26. The summed E-state index contributed by atoms with van der Waals surface area (Å²) in [5.74, 6) is 1.19. The molecule has 2 fully saturated rings. The molecule has 0 bridgehead atoms. The molecular formula is C19H31Cl2N3O2. The number of ether oxygens (including phenoxy) is 1. The average molecular weight is 404 g/mol. The van der Waals surface area contributed by atoms with Crippen molar-refractivity contribution in [3.05, 3.63) is 29.8 Å². The molecule has 5 nitrogen and oxygen atoms in total. The second kappa shape index (κ2) is 11.7. The van der Waals surface area contributed by atoms with Gasteiger partial charge in [-0.3, -0.25) is 9.69 Å². The van der Waals surface area contributed by atoms with Crippen LogP contribution in [0.1, 0.15) is 37.3 Å². The van der Waals surface area contributed by atoms with Gasteiger partial charge in [0.25, 0.3) is 0 Å². The zero-order valence-corrected chi connectivity index (χ0v) is 17.0. The van der Waals surface area contributed by atoms with Gasteiger partial charge < -0.3 is 15.4 Å². The van der Waals surface area contributed by atoms with Crippen LogP contribution in [0.4, 0.5) is 0 Å². The lowest BCUT2D eigenvalue weighted by atomic mass is 10.0. The molecule has 3 rings (SSSR count). The highest BCUT2D eigenvalue weighted by molar-refractivity contribution is 5.85. The lowest BCUT2D eigenvalue weighted by molar-refractivity contribution is -0.124. The van der Waals surface area contributed by atoms with E-state index < -0.39 is 0 Å². The number of amides is 1. The molecule has 1 aromatic rings. The largest absolute Gasteiger partial charge is 0.497 e. The number of halogens is 2. The third kappa shape index (κ3) is 6.02. The monoisotopic (exact) mass is 403 g/mol. The van der Waals surface area contributed by atoms with Gasteiger partial charge in [0, 0.05) is 13.1 Å². The molecule has 0 saturated carbocycles. The van der Waals surface area contributed by atoms with Crippen LogP contribution in [0, 0.1) is 5.92 Å². The van der Waals surface area contributed by atoms with Gasteiger partial charge in [-0.25, -0.2) is 0 Å². The Balaban J connectivity index is 0.00000169. The minimum absolute atomic E-state index is 0. The third-order valence-electron chi connectivity index (χ3n) is 5.23. The Morgan fingerprint density at radius 3 is 2.50 bits per heavy atom. The number of likely N-dealkylation sites (tertiary alicyclic amines) is 1. The van der Waals surface area contributed by atoms with Crippen LogP contribution < -0.4 is 15.4 Å². The first-order chi connectivity index (χ1) is 11.8. The highest BCUT2D eigenvalue weighted by atomic mass is 35.5. The van der Waals surface area contributed by atoms with Gasteiger partial charge in [0.15, 0.2) is 0 Å². The van der Waals surface area contributed by atoms with Crippen LogP contribution in [-0.2, 0) is 4.79 Å². The van der Waals surface area contributed by atoms with Gasteiger partial charge in [0.1, 0.15) is 5.75 Å². The van der Waals surface area contributed by atoms with Crippen molar-refractivity contribution in [2.45, 2.75) is 31.7 Å². The number of nitrogens with one attached hydrogen (secondary N) is 2. The van der Waals surface area contributed by atoms with Crippen molar-refractivity contribution in [2.24, 2.45) is 5.92 Å². The summed E-state index contributed by atoms with van der Waals surface area (Å²) in [6, 6.07) is 8.52. The second-order valence-corrected chi connectivity index (χ2v) is 6.82. The minimum Gasteiger partial charge on any atom is -0.497 e. The number of rotatable bonds is 6. The molecule has 2 aliphatic rings. The predicted molar refractivity (Wildman–Crippen MR) is 110 cm³/mol. The van der Waals surface area contributed by atoms with Crippen molar-refractivity contribution in [2.75, 3.05) is 39.8 Å². The van der Waals surface area contributed by atoms with E-state index in [1.807, 2.05) is 12.1 Å². The van der Waals surface area contributed by atoms with E-state index in [0.29, 0.717) is 6.54 Å². The van der Waals surface area contributed by atoms with Crippen LogP contribution >= 0.6 is 24.8 Å². The fraction of sp³-hybridized carbons (Fsp3) is 0.632. The smallest absolute Gasteiger partial charge is 0.224 e.